The summed E-state index contributed by atoms with van der Waals surface area (Å²) >= 11 is 0. The summed E-state index contributed by atoms with van der Waals surface area (Å²) in [5, 5.41) is 0. The van der Waals surface area contributed by atoms with Crippen LogP contribution < -0.4 is 10.5 Å². The van der Waals surface area contributed by atoms with Gasteiger partial charge in [-0.1, -0.05) is 13.8 Å². The van der Waals surface area contributed by atoms with Crippen molar-refractivity contribution in [2.45, 2.75) is 38.1 Å². The van der Waals surface area contributed by atoms with Gasteiger partial charge in [0.1, 0.15) is 5.75 Å². The van der Waals surface area contributed by atoms with Crippen LogP contribution in [0.4, 0.5) is 0 Å². The second-order valence-corrected chi connectivity index (χ2v) is 7.47. The van der Waals surface area contributed by atoms with Gasteiger partial charge in [-0.3, -0.25) is 0 Å². The van der Waals surface area contributed by atoms with Crippen molar-refractivity contribution >= 4 is 10.0 Å². The third-order valence-corrected chi connectivity index (χ3v) is 5.61. The molecular formula is C15H26N2O3S. The van der Waals surface area contributed by atoms with Crippen LogP contribution in [-0.4, -0.2) is 39.0 Å². The number of hydrogen-bond acceptors (Lipinski definition) is 4. The van der Waals surface area contributed by atoms with E-state index >= 15 is 0 Å². The molecule has 1 rings (SSSR count). The Bertz CT molecular complexity index is 526. The molecule has 0 fully saturated rings. The van der Waals surface area contributed by atoms with E-state index in [-0.39, 0.29) is 16.9 Å². The van der Waals surface area contributed by atoms with Gasteiger partial charge in [-0.25, -0.2) is 8.42 Å². The molecule has 21 heavy (non-hydrogen) atoms. The fourth-order valence-electron chi connectivity index (χ4n) is 1.79. The number of nitrogens with zero attached hydrogens (tertiary/aromatic N) is 1. The van der Waals surface area contributed by atoms with Crippen molar-refractivity contribution < 1.29 is 13.2 Å². The topological polar surface area (TPSA) is 72.6 Å². The molecule has 6 heteroatoms. The zero-order valence-electron chi connectivity index (χ0n) is 13.2. The van der Waals surface area contributed by atoms with E-state index in [9.17, 15) is 8.42 Å². The fourth-order valence-corrected chi connectivity index (χ4v) is 3.28. The summed E-state index contributed by atoms with van der Waals surface area (Å²) in [6.07, 6.45) is 0.773. The summed E-state index contributed by atoms with van der Waals surface area (Å²) in [6.45, 7) is 7.03. The van der Waals surface area contributed by atoms with E-state index in [4.69, 9.17) is 10.5 Å². The lowest BCUT2D eigenvalue weighted by molar-refractivity contribution is 0.312. The molecule has 2 N–H and O–H groups in total. The van der Waals surface area contributed by atoms with Gasteiger partial charge in [0.05, 0.1) is 11.5 Å². The number of nitrogens with two attached hydrogens (primary N) is 1. The molecule has 0 aliphatic heterocycles. The van der Waals surface area contributed by atoms with Crippen molar-refractivity contribution in [2.24, 2.45) is 11.7 Å². The molecule has 1 atom stereocenters. The smallest absolute Gasteiger partial charge is 0.243 e. The van der Waals surface area contributed by atoms with Gasteiger partial charge in [0, 0.05) is 13.1 Å². The van der Waals surface area contributed by atoms with Crippen molar-refractivity contribution in [3.8, 4) is 5.75 Å². The molecule has 1 aromatic rings. The van der Waals surface area contributed by atoms with Crippen LogP contribution in [0, 0.1) is 5.92 Å². The fraction of sp³-hybridized carbons (Fsp3) is 0.600. The van der Waals surface area contributed by atoms with Gasteiger partial charge in [0.25, 0.3) is 0 Å². The highest BCUT2D eigenvalue weighted by molar-refractivity contribution is 7.89. The molecule has 0 aliphatic rings. The molecule has 1 unspecified atom stereocenters. The van der Waals surface area contributed by atoms with Crippen LogP contribution in [0.15, 0.2) is 29.2 Å². The third kappa shape index (κ3) is 4.69. The van der Waals surface area contributed by atoms with E-state index in [1.807, 2.05) is 20.8 Å². The molecular weight excluding hydrogens is 288 g/mol. The lowest BCUT2D eigenvalue weighted by atomic mass is 10.1. The van der Waals surface area contributed by atoms with Gasteiger partial charge >= 0.3 is 0 Å². The van der Waals surface area contributed by atoms with Crippen LogP contribution in [0.25, 0.3) is 0 Å². The molecule has 0 aliphatic carbocycles. The Morgan fingerprint density at radius 2 is 1.76 bits per heavy atom. The first-order valence-electron chi connectivity index (χ1n) is 7.21. The maximum Gasteiger partial charge on any atom is 0.243 e. The summed E-state index contributed by atoms with van der Waals surface area (Å²) in [5.74, 6) is 0.908. The minimum atomic E-state index is -3.47. The van der Waals surface area contributed by atoms with Crippen molar-refractivity contribution in [2.75, 3.05) is 20.2 Å². The molecule has 0 saturated heterocycles. The Kier molecular flexibility index (Phi) is 6.64. The number of benzene rings is 1. The Morgan fingerprint density at radius 1 is 1.19 bits per heavy atom. The van der Waals surface area contributed by atoms with Gasteiger partial charge < -0.3 is 10.5 Å². The van der Waals surface area contributed by atoms with Crippen LogP contribution in [0.5, 0.6) is 5.75 Å². The monoisotopic (exact) mass is 314 g/mol. The van der Waals surface area contributed by atoms with E-state index in [2.05, 4.69) is 0 Å². The van der Waals surface area contributed by atoms with E-state index in [0.717, 1.165) is 6.42 Å². The molecule has 0 radical (unpaired) electrons. The molecule has 0 spiro atoms. The zero-order chi connectivity index (χ0) is 16.0. The molecule has 0 heterocycles. The van der Waals surface area contributed by atoms with Crippen LogP contribution in [0.3, 0.4) is 0 Å². The van der Waals surface area contributed by atoms with E-state index in [1.165, 1.54) is 4.31 Å². The number of hydrogen-bond donors (Lipinski definition) is 1. The Morgan fingerprint density at radius 3 is 2.24 bits per heavy atom. The highest BCUT2D eigenvalue weighted by atomic mass is 32.2. The Hall–Kier alpha value is -1.11. The third-order valence-electron chi connectivity index (χ3n) is 3.66. The molecule has 0 amide bonds. The van der Waals surface area contributed by atoms with Crippen LogP contribution >= 0.6 is 0 Å². The number of sulfonamides is 1. The van der Waals surface area contributed by atoms with Gasteiger partial charge in [-0.05, 0) is 50.1 Å². The molecule has 5 nitrogen and oxygen atoms in total. The quantitative estimate of drug-likeness (QED) is 0.746. The lowest BCUT2D eigenvalue weighted by Crippen LogP contribution is -2.38. The van der Waals surface area contributed by atoms with Gasteiger partial charge in [-0.2, -0.15) is 4.31 Å². The van der Waals surface area contributed by atoms with Crippen LogP contribution in [-0.2, 0) is 10.0 Å². The highest BCUT2D eigenvalue weighted by Crippen LogP contribution is 2.22. The standard InChI is InChI=1S/C15H26N2O3S/c1-12(2)13(3)17(4)21(18,19)15-8-6-14(7-9-15)20-11-5-10-16/h6-9,12-13H,5,10-11,16H2,1-4H3. The summed E-state index contributed by atoms with van der Waals surface area (Å²) in [6, 6.07) is 6.46. The van der Waals surface area contributed by atoms with Gasteiger partial charge in [-0.15, -0.1) is 0 Å². The van der Waals surface area contributed by atoms with Crippen molar-refractivity contribution in [1.29, 1.82) is 0 Å². The molecule has 0 bridgehead atoms. The minimum Gasteiger partial charge on any atom is -0.494 e. The second kappa shape index (κ2) is 7.77. The van der Waals surface area contributed by atoms with Gasteiger partial charge in [0.15, 0.2) is 0 Å². The lowest BCUT2D eigenvalue weighted by Gasteiger charge is -2.27. The Balaban J connectivity index is 2.84. The average Bonchev–Trinajstić information content (AvgIpc) is 2.46. The summed E-state index contributed by atoms with van der Waals surface area (Å²) < 4.78 is 31.9. The van der Waals surface area contributed by atoms with Crippen LogP contribution in [0.1, 0.15) is 27.2 Å². The first kappa shape index (κ1) is 17.9. The Labute approximate surface area is 128 Å². The highest BCUT2D eigenvalue weighted by Gasteiger charge is 2.26. The zero-order valence-corrected chi connectivity index (χ0v) is 14.1. The number of rotatable bonds is 8. The van der Waals surface area contributed by atoms with Gasteiger partial charge in [0.2, 0.25) is 10.0 Å². The van der Waals surface area contributed by atoms with Crippen molar-refractivity contribution in [3.05, 3.63) is 24.3 Å². The molecule has 1 aromatic carbocycles. The van der Waals surface area contributed by atoms with E-state index in [1.54, 1.807) is 31.3 Å². The van der Waals surface area contributed by atoms with E-state index < -0.39 is 10.0 Å². The second-order valence-electron chi connectivity index (χ2n) is 5.47. The normalized spacial score (nSPS) is 13.7. The van der Waals surface area contributed by atoms with Crippen molar-refractivity contribution in [1.82, 2.24) is 4.31 Å². The average molecular weight is 314 g/mol. The molecule has 120 valence electrons. The first-order chi connectivity index (χ1) is 9.80. The van der Waals surface area contributed by atoms with Crippen LogP contribution in [0.2, 0.25) is 0 Å². The molecule has 0 saturated carbocycles. The largest absolute Gasteiger partial charge is 0.494 e. The maximum atomic E-state index is 12.5. The van der Waals surface area contributed by atoms with Crippen molar-refractivity contribution in [3.63, 3.8) is 0 Å². The maximum absolute atomic E-state index is 12.5. The first-order valence-corrected chi connectivity index (χ1v) is 8.65. The predicted molar refractivity (Wildman–Crippen MR) is 84.9 cm³/mol. The summed E-state index contributed by atoms with van der Waals surface area (Å²) in [7, 11) is -1.85. The number of ether oxygens (including phenoxy) is 1. The minimum absolute atomic E-state index is 0.0597. The summed E-state index contributed by atoms with van der Waals surface area (Å²) in [4.78, 5) is 0.281. The predicted octanol–water partition coefficient (Wildman–Crippen LogP) is 2.08. The summed E-state index contributed by atoms with van der Waals surface area (Å²) in [5.41, 5.74) is 5.39. The SMILES string of the molecule is CC(C)C(C)N(C)S(=O)(=O)c1ccc(OCCCN)cc1. The molecule has 0 aromatic heterocycles. The van der Waals surface area contributed by atoms with E-state index in [0.29, 0.717) is 18.9 Å².